The molecule has 0 aromatic rings. The van der Waals surface area contributed by atoms with E-state index in [0.717, 1.165) is 38.8 Å². The molecule has 2 unspecified atom stereocenters. The Labute approximate surface area is 169 Å². The molecule has 0 rings (SSSR count). The zero-order valence-electron chi connectivity index (χ0n) is 16.9. The molecule has 0 N–H and O–H groups in total. The van der Waals surface area contributed by atoms with Gasteiger partial charge in [0.25, 0.3) is 0 Å². The minimum Gasteiger partial charge on any atom is -0.681 e. The second kappa shape index (κ2) is 39.1. The van der Waals surface area contributed by atoms with E-state index in [2.05, 4.69) is 62.5 Å². The van der Waals surface area contributed by atoms with E-state index in [1.165, 1.54) is 12.8 Å². The summed E-state index contributed by atoms with van der Waals surface area (Å²) < 4.78 is 0. The van der Waals surface area contributed by atoms with Gasteiger partial charge in [-0.3, -0.25) is 13.6 Å². The van der Waals surface area contributed by atoms with E-state index in [0.29, 0.717) is 0 Å². The summed E-state index contributed by atoms with van der Waals surface area (Å²) in [7, 11) is 3.69. The van der Waals surface area contributed by atoms with E-state index in [9.17, 15) is 0 Å². The number of carbonyl (C=O) groups excluding carboxylic acids is 2. The third-order valence-corrected chi connectivity index (χ3v) is 2.82. The van der Waals surface area contributed by atoms with Crippen LogP contribution in [0.25, 0.3) is 21.3 Å². The molecule has 6 nitrogen and oxygen atoms in total. The maximum absolute atomic E-state index is 7.75. The molecule has 25 heavy (non-hydrogen) atoms. The van der Waals surface area contributed by atoms with E-state index < -0.39 is 0 Å². The van der Waals surface area contributed by atoms with Gasteiger partial charge in [0, 0.05) is 0 Å². The van der Waals surface area contributed by atoms with Crippen LogP contribution >= 0.6 is 0 Å². The summed E-state index contributed by atoms with van der Waals surface area (Å²) in [5.41, 5.74) is 0. The zero-order valence-corrected chi connectivity index (χ0v) is 18.7. The molecule has 0 spiro atoms. The molecular weight excluding hydrogens is 405 g/mol. The maximum atomic E-state index is 7.75. The summed E-state index contributed by atoms with van der Waals surface area (Å²) in [6.45, 7) is 17.0. The second-order valence-electron chi connectivity index (χ2n) is 4.87. The molecule has 0 aliphatic rings. The summed E-state index contributed by atoms with van der Waals surface area (Å²) in [5.74, 6) is 0. The van der Waals surface area contributed by atoms with E-state index >= 15 is 0 Å². The third-order valence-electron chi connectivity index (χ3n) is 2.82. The Balaban J connectivity index is -0.0000000858. The van der Waals surface area contributed by atoms with Crippen molar-refractivity contribution in [1.29, 1.82) is 0 Å². The molecule has 0 heterocycles. The van der Waals surface area contributed by atoms with Crippen molar-refractivity contribution in [3.63, 3.8) is 0 Å². The topological polar surface area (TPSA) is 90.5 Å². The first-order chi connectivity index (χ1) is 11.7. The molecule has 0 bridgehead atoms. The fourth-order valence-electron chi connectivity index (χ4n) is 1.68. The van der Waals surface area contributed by atoms with Crippen LogP contribution in [0.2, 0.25) is 0 Å². The Morgan fingerprint density at radius 1 is 0.640 bits per heavy atom. The van der Waals surface area contributed by atoms with Crippen molar-refractivity contribution >= 4 is 13.6 Å². The average Bonchev–Trinajstić information content (AvgIpc) is 2.66. The van der Waals surface area contributed by atoms with Gasteiger partial charge in [-0.05, 0) is 0 Å². The van der Waals surface area contributed by atoms with Crippen LogP contribution in [0, 0.1) is 0 Å². The van der Waals surface area contributed by atoms with Crippen LogP contribution in [0.4, 0.5) is 0 Å². The van der Waals surface area contributed by atoms with Crippen molar-refractivity contribution in [1.82, 2.24) is 0 Å². The van der Waals surface area contributed by atoms with Crippen LogP contribution in [0.3, 0.4) is 0 Å². The third kappa shape index (κ3) is 35.7. The monoisotopic (exact) mass is 444 g/mol. The molecule has 0 aliphatic heterocycles. The Kier molecular flexibility index (Phi) is 56.0. The van der Waals surface area contributed by atoms with E-state index in [1.807, 2.05) is 14.1 Å². The summed E-state index contributed by atoms with van der Waals surface area (Å²) in [5, 5.41) is 17.1. The van der Waals surface area contributed by atoms with Crippen LogP contribution in [0.15, 0.2) is 0 Å². The molecule has 0 fully saturated rings. The van der Waals surface area contributed by atoms with E-state index in [-0.39, 0.29) is 31.8 Å². The van der Waals surface area contributed by atoms with Gasteiger partial charge in [0.15, 0.2) is 0 Å². The summed E-state index contributed by atoms with van der Waals surface area (Å²) >= 11 is 0. The SMILES string of the molecule is CCC[N-]C(CCC)[N-]C.CCC[N-]C(CCC)[N-]C.[CH-]=O.[CH-]=O.[Ru+6]. The average molecular weight is 444 g/mol. The first-order valence-electron chi connectivity index (χ1n) is 8.68. The van der Waals surface area contributed by atoms with Crippen molar-refractivity contribution in [2.24, 2.45) is 0 Å². The molecule has 0 aromatic heterocycles. The standard InChI is InChI=1S/2C8H18N2.2CHO.Ru/c2*1-4-6-8(9-3)10-7-5-2;2*1-2;/h2*8H,4-7H2,1-3H3;2*1H;/q2*-2;2*-1;+6. The van der Waals surface area contributed by atoms with E-state index in [1.54, 1.807) is 0 Å². The number of hydrogen-bond acceptors (Lipinski definition) is 2. The largest absolute Gasteiger partial charge is 6.00 e. The van der Waals surface area contributed by atoms with Crippen LogP contribution in [-0.4, -0.2) is 53.1 Å². The van der Waals surface area contributed by atoms with Crippen LogP contribution in [0.5, 0.6) is 0 Å². The van der Waals surface area contributed by atoms with Gasteiger partial charge in [0.2, 0.25) is 0 Å². The van der Waals surface area contributed by atoms with Gasteiger partial charge >= 0.3 is 19.5 Å². The molecule has 2 atom stereocenters. The van der Waals surface area contributed by atoms with Crippen molar-refractivity contribution in [2.45, 2.75) is 78.6 Å². The van der Waals surface area contributed by atoms with Crippen LogP contribution < -0.4 is 0 Å². The first-order valence-corrected chi connectivity index (χ1v) is 8.68. The summed E-state index contributed by atoms with van der Waals surface area (Å²) in [4.78, 5) is 15.5. The molecule has 0 saturated carbocycles. The van der Waals surface area contributed by atoms with Gasteiger partial charge in [0.05, 0.1) is 0 Å². The van der Waals surface area contributed by atoms with Gasteiger partial charge in [-0.15, -0.1) is 0 Å². The maximum Gasteiger partial charge on any atom is 6.00 e. The molecule has 0 aromatic carbocycles. The first kappa shape index (κ1) is 35.8. The van der Waals surface area contributed by atoms with Crippen molar-refractivity contribution in [3.8, 4) is 0 Å². The van der Waals surface area contributed by atoms with Gasteiger partial charge in [-0.25, -0.2) is 12.3 Å². The summed E-state index contributed by atoms with van der Waals surface area (Å²) in [6, 6.07) is 0. The van der Waals surface area contributed by atoms with Crippen LogP contribution in [-0.2, 0) is 29.1 Å². The van der Waals surface area contributed by atoms with Crippen molar-refractivity contribution in [2.75, 3.05) is 27.2 Å². The quantitative estimate of drug-likeness (QED) is 0.234. The Morgan fingerprint density at radius 3 is 1.08 bits per heavy atom. The zero-order chi connectivity index (χ0) is 19.6. The number of rotatable bonds is 12. The smallest absolute Gasteiger partial charge is 0.681 e. The Bertz CT molecular complexity index is 184. The van der Waals surface area contributed by atoms with Crippen molar-refractivity contribution < 1.29 is 29.1 Å². The normalized spacial score (nSPS) is 11.1. The molecule has 0 saturated heterocycles. The molecule has 7 heteroatoms. The van der Waals surface area contributed by atoms with Gasteiger partial charge < -0.3 is 30.9 Å². The van der Waals surface area contributed by atoms with Gasteiger partial charge in [0.1, 0.15) is 0 Å². The molecular formula is C18H38N4O2Ru. The fourth-order valence-corrected chi connectivity index (χ4v) is 1.68. The van der Waals surface area contributed by atoms with Crippen molar-refractivity contribution in [3.05, 3.63) is 21.3 Å². The number of hydrogen-bond donors (Lipinski definition) is 0. The molecule has 0 radical (unpaired) electrons. The number of nitrogens with zero attached hydrogens (tertiary/aromatic N) is 4. The Hall–Kier alpha value is -0.197. The minimum absolute atomic E-state index is 0. The predicted octanol–water partition coefficient (Wildman–Crippen LogP) is 5.25. The molecule has 0 amide bonds. The predicted molar refractivity (Wildman–Crippen MR) is 106 cm³/mol. The van der Waals surface area contributed by atoms with Crippen LogP contribution in [0.1, 0.15) is 66.2 Å². The Morgan fingerprint density at radius 2 is 0.920 bits per heavy atom. The van der Waals surface area contributed by atoms with E-state index in [4.69, 9.17) is 9.59 Å². The molecule has 0 aliphatic carbocycles. The second-order valence-corrected chi connectivity index (χ2v) is 4.87. The molecule has 150 valence electrons. The van der Waals surface area contributed by atoms with Gasteiger partial charge in [-0.2, -0.15) is 27.2 Å². The van der Waals surface area contributed by atoms with Gasteiger partial charge in [-0.1, -0.05) is 66.2 Å². The minimum atomic E-state index is 0. The fraction of sp³-hybridized carbons (Fsp3) is 0.889. The summed E-state index contributed by atoms with van der Waals surface area (Å²) in [6.07, 6.45) is 7.37.